The van der Waals surface area contributed by atoms with Crippen molar-refractivity contribution >= 4 is 28.8 Å². The van der Waals surface area contributed by atoms with Crippen LogP contribution in [-0.2, 0) is 9.59 Å². The Morgan fingerprint density at radius 1 is 1.35 bits per heavy atom. The summed E-state index contributed by atoms with van der Waals surface area (Å²) in [4.78, 5) is 29.0. The SMILES string of the molecule is CC(c1cccs1)N(C)C(=O)CN1C(=O)COc2ccccc21. The van der Waals surface area contributed by atoms with Gasteiger partial charge in [0, 0.05) is 11.9 Å². The summed E-state index contributed by atoms with van der Waals surface area (Å²) in [5.41, 5.74) is 0.647. The maximum Gasteiger partial charge on any atom is 0.265 e. The minimum absolute atomic E-state index is 0.0193. The number of ether oxygens (including phenoxy) is 1. The normalized spacial score (nSPS) is 14.9. The fraction of sp³-hybridized carbons (Fsp3) is 0.294. The van der Waals surface area contributed by atoms with Crippen LogP contribution in [0.1, 0.15) is 17.8 Å². The van der Waals surface area contributed by atoms with E-state index in [0.717, 1.165) is 4.88 Å². The summed E-state index contributed by atoms with van der Waals surface area (Å²) in [6, 6.07) is 11.2. The Kier molecular flexibility index (Phi) is 4.34. The number of fused-ring (bicyclic) bond motifs is 1. The number of anilines is 1. The number of amides is 2. The molecule has 1 aromatic heterocycles. The highest BCUT2D eigenvalue weighted by molar-refractivity contribution is 7.10. The van der Waals surface area contributed by atoms with Crippen molar-refractivity contribution in [2.24, 2.45) is 0 Å². The molecule has 1 aromatic carbocycles. The van der Waals surface area contributed by atoms with Gasteiger partial charge in [-0.15, -0.1) is 11.3 Å². The lowest BCUT2D eigenvalue weighted by atomic mass is 10.2. The topological polar surface area (TPSA) is 49.9 Å². The summed E-state index contributed by atoms with van der Waals surface area (Å²) in [6.07, 6.45) is 0. The zero-order chi connectivity index (χ0) is 16.4. The van der Waals surface area contributed by atoms with Gasteiger partial charge in [0.25, 0.3) is 5.91 Å². The highest BCUT2D eigenvalue weighted by atomic mass is 32.1. The van der Waals surface area contributed by atoms with E-state index < -0.39 is 0 Å². The number of carbonyl (C=O) groups excluding carboxylic acids is 2. The van der Waals surface area contributed by atoms with Gasteiger partial charge in [-0.25, -0.2) is 0 Å². The third kappa shape index (κ3) is 3.07. The van der Waals surface area contributed by atoms with E-state index in [1.54, 1.807) is 35.4 Å². The Hall–Kier alpha value is -2.34. The molecule has 2 heterocycles. The molecule has 2 aromatic rings. The maximum absolute atomic E-state index is 12.6. The van der Waals surface area contributed by atoms with Gasteiger partial charge in [0.05, 0.1) is 11.7 Å². The number of hydrogen-bond acceptors (Lipinski definition) is 4. The average molecular weight is 330 g/mol. The van der Waals surface area contributed by atoms with Crippen LogP contribution >= 0.6 is 11.3 Å². The van der Waals surface area contributed by atoms with Crippen LogP contribution in [0.5, 0.6) is 5.75 Å². The van der Waals surface area contributed by atoms with Crippen molar-refractivity contribution in [3.8, 4) is 5.75 Å². The zero-order valence-corrected chi connectivity index (χ0v) is 13.9. The van der Waals surface area contributed by atoms with E-state index in [1.807, 2.05) is 36.6 Å². The molecular formula is C17H18N2O3S. The Bertz CT molecular complexity index is 714. The van der Waals surface area contributed by atoms with E-state index in [0.29, 0.717) is 11.4 Å². The van der Waals surface area contributed by atoms with Gasteiger partial charge in [-0.1, -0.05) is 18.2 Å². The number of carbonyl (C=O) groups is 2. The molecule has 0 bridgehead atoms. The van der Waals surface area contributed by atoms with Crippen molar-refractivity contribution in [3.63, 3.8) is 0 Å². The van der Waals surface area contributed by atoms with Gasteiger partial charge in [0.1, 0.15) is 12.3 Å². The van der Waals surface area contributed by atoms with E-state index in [1.165, 1.54) is 4.90 Å². The number of thiophene rings is 1. The van der Waals surface area contributed by atoms with Crippen LogP contribution in [-0.4, -0.2) is 36.9 Å². The van der Waals surface area contributed by atoms with Crippen molar-refractivity contribution in [2.45, 2.75) is 13.0 Å². The van der Waals surface area contributed by atoms with Crippen molar-refractivity contribution in [1.29, 1.82) is 0 Å². The van der Waals surface area contributed by atoms with Crippen LogP contribution in [0, 0.1) is 0 Å². The van der Waals surface area contributed by atoms with Crippen LogP contribution < -0.4 is 9.64 Å². The fourth-order valence-electron chi connectivity index (χ4n) is 2.51. The molecule has 0 aliphatic carbocycles. The van der Waals surface area contributed by atoms with Gasteiger partial charge in [-0.2, -0.15) is 0 Å². The summed E-state index contributed by atoms with van der Waals surface area (Å²) in [5.74, 6) is 0.332. The summed E-state index contributed by atoms with van der Waals surface area (Å²) < 4.78 is 5.40. The highest BCUT2D eigenvalue weighted by Gasteiger charge is 2.29. The minimum Gasteiger partial charge on any atom is -0.482 e. The predicted molar refractivity (Wildman–Crippen MR) is 89.8 cm³/mol. The van der Waals surface area contributed by atoms with Crippen LogP contribution in [0.2, 0.25) is 0 Å². The number of likely N-dealkylation sites (N-methyl/N-ethyl adjacent to an activating group) is 1. The van der Waals surface area contributed by atoms with Gasteiger partial charge in [0.15, 0.2) is 6.61 Å². The van der Waals surface area contributed by atoms with Crippen molar-refractivity contribution in [1.82, 2.24) is 4.90 Å². The quantitative estimate of drug-likeness (QED) is 0.866. The fourth-order valence-corrected chi connectivity index (χ4v) is 3.34. The molecule has 0 radical (unpaired) electrons. The Morgan fingerprint density at radius 3 is 2.87 bits per heavy atom. The molecule has 0 saturated carbocycles. The predicted octanol–water partition coefficient (Wildman–Crippen LogP) is 2.69. The van der Waals surface area contributed by atoms with E-state index in [2.05, 4.69) is 0 Å². The second kappa shape index (κ2) is 6.42. The first-order chi connectivity index (χ1) is 11.1. The first-order valence-corrected chi connectivity index (χ1v) is 8.27. The smallest absolute Gasteiger partial charge is 0.265 e. The molecule has 23 heavy (non-hydrogen) atoms. The third-order valence-electron chi connectivity index (χ3n) is 4.03. The van der Waals surface area contributed by atoms with Gasteiger partial charge in [0.2, 0.25) is 5.91 Å². The molecular weight excluding hydrogens is 312 g/mol. The molecule has 3 rings (SSSR count). The molecule has 1 aliphatic rings. The zero-order valence-electron chi connectivity index (χ0n) is 13.1. The number of benzene rings is 1. The number of nitrogens with zero attached hydrogens (tertiary/aromatic N) is 2. The average Bonchev–Trinajstić information content (AvgIpc) is 3.10. The molecule has 1 unspecified atom stereocenters. The molecule has 1 aliphatic heterocycles. The largest absolute Gasteiger partial charge is 0.482 e. The Morgan fingerprint density at radius 2 is 2.13 bits per heavy atom. The number of para-hydroxylation sites is 2. The molecule has 1 atom stereocenters. The van der Waals surface area contributed by atoms with Crippen LogP contribution in [0.3, 0.4) is 0 Å². The maximum atomic E-state index is 12.6. The van der Waals surface area contributed by atoms with E-state index in [-0.39, 0.29) is 31.0 Å². The van der Waals surface area contributed by atoms with Gasteiger partial charge < -0.3 is 9.64 Å². The lowest BCUT2D eigenvalue weighted by Crippen LogP contribution is -2.46. The molecule has 0 fully saturated rings. The Labute approximate surface area is 139 Å². The first kappa shape index (κ1) is 15.6. The molecule has 0 spiro atoms. The lowest BCUT2D eigenvalue weighted by molar-refractivity contribution is -0.132. The standard InChI is InChI=1S/C17H18N2O3S/c1-12(15-8-5-9-23-15)18(2)16(20)10-19-13-6-3-4-7-14(13)22-11-17(19)21/h3-9,12H,10-11H2,1-2H3. The first-order valence-electron chi connectivity index (χ1n) is 7.39. The van der Waals surface area contributed by atoms with Gasteiger partial charge >= 0.3 is 0 Å². The van der Waals surface area contributed by atoms with Crippen molar-refractivity contribution in [3.05, 3.63) is 46.7 Å². The molecule has 5 nitrogen and oxygen atoms in total. The molecule has 6 heteroatoms. The van der Waals surface area contributed by atoms with Crippen molar-refractivity contribution in [2.75, 3.05) is 25.1 Å². The molecule has 0 saturated heterocycles. The monoisotopic (exact) mass is 330 g/mol. The highest BCUT2D eigenvalue weighted by Crippen LogP contribution is 2.31. The van der Waals surface area contributed by atoms with Crippen LogP contribution in [0.4, 0.5) is 5.69 Å². The summed E-state index contributed by atoms with van der Waals surface area (Å²) in [7, 11) is 1.77. The van der Waals surface area contributed by atoms with Crippen LogP contribution in [0.15, 0.2) is 41.8 Å². The second-order valence-corrected chi connectivity index (χ2v) is 6.41. The molecule has 120 valence electrons. The summed E-state index contributed by atoms with van der Waals surface area (Å²) in [5, 5.41) is 1.99. The number of rotatable bonds is 4. The van der Waals surface area contributed by atoms with Crippen LogP contribution in [0.25, 0.3) is 0 Å². The van der Waals surface area contributed by atoms with E-state index in [4.69, 9.17) is 4.74 Å². The Balaban J connectivity index is 1.76. The lowest BCUT2D eigenvalue weighted by Gasteiger charge is -2.31. The molecule has 0 N–H and O–H groups in total. The number of hydrogen-bond donors (Lipinski definition) is 0. The van der Waals surface area contributed by atoms with Crippen molar-refractivity contribution < 1.29 is 14.3 Å². The minimum atomic E-state index is -0.200. The summed E-state index contributed by atoms with van der Waals surface area (Å²) in [6.45, 7) is 1.97. The molecule has 2 amide bonds. The third-order valence-corrected chi connectivity index (χ3v) is 5.07. The van der Waals surface area contributed by atoms with E-state index in [9.17, 15) is 9.59 Å². The van der Waals surface area contributed by atoms with Gasteiger partial charge in [-0.05, 0) is 30.5 Å². The summed E-state index contributed by atoms with van der Waals surface area (Å²) >= 11 is 1.62. The van der Waals surface area contributed by atoms with E-state index >= 15 is 0 Å². The van der Waals surface area contributed by atoms with Gasteiger partial charge in [-0.3, -0.25) is 14.5 Å². The second-order valence-electron chi connectivity index (χ2n) is 5.43.